The predicted molar refractivity (Wildman–Crippen MR) is 93.3 cm³/mol. The molecule has 2 aromatic carbocycles. The summed E-state index contributed by atoms with van der Waals surface area (Å²) in [6, 6.07) is 17.5. The third-order valence-corrected chi connectivity index (χ3v) is 3.31. The minimum atomic E-state index is -4.78. The van der Waals surface area contributed by atoms with E-state index in [4.69, 9.17) is 0 Å². The fraction of sp³-hybridized carbons (Fsp3) is 0.211. The van der Waals surface area contributed by atoms with Crippen LogP contribution in [0.1, 0.15) is 24.5 Å². The number of benzene rings is 2. The predicted octanol–water partition coefficient (Wildman–Crippen LogP) is 4.40. The molecule has 0 saturated heterocycles. The molecular formula is C19H17F3N2O2. The van der Waals surface area contributed by atoms with Gasteiger partial charge >= 0.3 is 12.1 Å². The highest BCUT2D eigenvalue weighted by molar-refractivity contribution is 6.13. The lowest BCUT2D eigenvalue weighted by Crippen LogP contribution is -2.26. The molecule has 26 heavy (non-hydrogen) atoms. The van der Waals surface area contributed by atoms with Crippen LogP contribution in [0.25, 0.3) is 0 Å². The molecule has 0 bridgehead atoms. The summed E-state index contributed by atoms with van der Waals surface area (Å²) in [5.74, 6) is -1.00. The molecule has 0 aliphatic rings. The van der Waals surface area contributed by atoms with Crippen LogP contribution in [-0.4, -0.2) is 30.2 Å². The largest absolute Gasteiger partial charge is 0.466 e. The van der Waals surface area contributed by atoms with Crippen LogP contribution in [0.4, 0.5) is 13.2 Å². The third-order valence-electron chi connectivity index (χ3n) is 3.31. The first-order valence-electron chi connectivity index (χ1n) is 7.90. The van der Waals surface area contributed by atoms with Gasteiger partial charge in [-0.3, -0.25) is 4.79 Å². The fourth-order valence-corrected chi connectivity index (χ4v) is 2.13. The zero-order valence-corrected chi connectivity index (χ0v) is 14.0. The number of alkyl halides is 3. The van der Waals surface area contributed by atoms with E-state index in [2.05, 4.69) is 14.9 Å². The fourth-order valence-electron chi connectivity index (χ4n) is 2.13. The molecule has 0 aliphatic heterocycles. The van der Waals surface area contributed by atoms with Crippen LogP contribution in [0.3, 0.4) is 0 Å². The van der Waals surface area contributed by atoms with Gasteiger partial charge < -0.3 is 4.74 Å². The Labute approximate surface area is 149 Å². The highest BCUT2D eigenvalue weighted by atomic mass is 19.4. The Kier molecular flexibility index (Phi) is 6.66. The Morgan fingerprint density at radius 2 is 1.42 bits per heavy atom. The van der Waals surface area contributed by atoms with Crippen molar-refractivity contribution in [3.05, 3.63) is 71.8 Å². The van der Waals surface area contributed by atoms with E-state index in [0.717, 1.165) is 0 Å². The van der Waals surface area contributed by atoms with Gasteiger partial charge in [0, 0.05) is 11.1 Å². The Balaban J connectivity index is 2.46. The number of carbonyl (C=O) groups excluding carboxylic acids is 1. The van der Waals surface area contributed by atoms with Gasteiger partial charge in [0.15, 0.2) is 5.71 Å². The lowest BCUT2D eigenvalue weighted by Gasteiger charge is -2.10. The lowest BCUT2D eigenvalue weighted by molar-refractivity contribution is -0.142. The number of halogens is 3. The molecule has 0 atom stereocenters. The topological polar surface area (TPSA) is 51.0 Å². The number of nitrogens with zero attached hydrogens (tertiary/aromatic N) is 2. The Bertz CT molecular complexity index is 744. The van der Waals surface area contributed by atoms with Crippen molar-refractivity contribution in [2.45, 2.75) is 19.5 Å². The first-order chi connectivity index (χ1) is 12.4. The molecule has 0 N–H and O–H groups in total. The summed E-state index contributed by atoms with van der Waals surface area (Å²) < 4.78 is 44.1. The monoisotopic (exact) mass is 362 g/mol. The van der Waals surface area contributed by atoms with Crippen molar-refractivity contribution in [3.63, 3.8) is 0 Å². The van der Waals surface area contributed by atoms with E-state index in [-0.39, 0.29) is 12.3 Å². The Morgan fingerprint density at radius 3 is 1.85 bits per heavy atom. The minimum absolute atomic E-state index is 0.00742. The van der Waals surface area contributed by atoms with E-state index >= 15 is 0 Å². The smallest absolute Gasteiger partial charge is 0.431 e. The van der Waals surface area contributed by atoms with E-state index in [1.807, 2.05) is 0 Å². The second kappa shape index (κ2) is 8.94. The van der Waals surface area contributed by atoms with Gasteiger partial charge in [-0.2, -0.15) is 13.2 Å². The van der Waals surface area contributed by atoms with Crippen LogP contribution in [0.5, 0.6) is 0 Å². The van der Waals surface area contributed by atoms with Gasteiger partial charge in [0.2, 0.25) is 0 Å². The van der Waals surface area contributed by atoms with Gasteiger partial charge in [0.1, 0.15) is 5.71 Å². The molecule has 7 heteroatoms. The quantitative estimate of drug-likeness (QED) is 0.435. The maximum atomic E-state index is 13.2. The average Bonchev–Trinajstić information content (AvgIpc) is 2.62. The Morgan fingerprint density at radius 1 is 0.923 bits per heavy atom. The van der Waals surface area contributed by atoms with Crippen LogP contribution in [-0.2, 0) is 9.53 Å². The van der Waals surface area contributed by atoms with Crippen LogP contribution in [0.2, 0.25) is 0 Å². The van der Waals surface area contributed by atoms with Gasteiger partial charge in [-0.15, -0.1) is 10.2 Å². The summed E-state index contributed by atoms with van der Waals surface area (Å²) in [5, 5.41) is 7.17. The normalized spacial score (nSPS) is 11.8. The van der Waals surface area contributed by atoms with Gasteiger partial charge in [-0.05, 0) is 6.92 Å². The number of ether oxygens (including phenoxy) is 1. The van der Waals surface area contributed by atoms with Gasteiger partial charge in [0.25, 0.3) is 0 Å². The Hall–Kier alpha value is -2.96. The number of carbonyl (C=O) groups is 1. The molecule has 0 unspecified atom stereocenters. The van der Waals surface area contributed by atoms with Crippen LogP contribution >= 0.6 is 0 Å². The van der Waals surface area contributed by atoms with E-state index < -0.39 is 24.3 Å². The molecule has 0 heterocycles. The van der Waals surface area contributed by atoms with E-state index in [1.165, 1.54) is 6.92 Å². The number of rotatable bonds is 6. The maximum Gasteiger partial charge on any atom is 0.431 e. The molecule has 0 radical (unpaired) electrons. The van der Waals surface area contributed by atoms with E-state index in [9.17, 15) is 18.0 Å². The molecule has 0 saturated carbocycles. The van der Waals surface area contributed by atoms with Crippen LogP contribution in [0.15, 0.2) is 70.9 Å². The summed E-state index contributed by atoms with van der Waals surface area (Å²) >= 11 is 0. The molecule has 2 rings (SSSR count). The summed E-state index contributed by atoms with van der Waals surface area (Å²) in [7, 11) is 0. The van der Waals surface area contributed by atoms with Crippen molar-refractivity contribution >= 4 is 17.4 Å². The minimum Gasteiger partial charge on any atom is -0.466 e. The van der Waals surface area contributed by atoms with Crippen molar-refractivity contribution in [1.29, 1.82) is 0 Å². The summed E-state index contributed by atoms with van der Waals surface area (Å²) in [6.45, 7) is 1.51. The molecule has 0 aliphatic carbocycles. The number of hydrogen-bond acceptors (Lipinski definition) is 4. The molecule has 0 spiro atoms. The molecule has 0 amide bonds. The summed E-state index contributed by atoms with van der Waals surface area (Å²) in [5.41, 5.74) is 0.192. The van der Waals surface area contributed by atoms with Crippen molar-refractivity contribution in [2.75, 3.05) is 6.61 Å². The standard InChI is InChI=1S/C19H17F3N2O2/c1-2-26-17(25)13-16(19(20,21)22)23-24-18(14-9-5-3-6-10-14)15-11-7-4-8-12-15/h3-12H,2,13H2,1H3. The van der Waals surface area contributed by atoms with Gasteiger partial charge in [-0.1, -0.05) is 60.7 Å². The van der Waals surface area contributed by atoms with Crippen molar-refractivity contribution < 1.29 is 22.7 Å². The zero-order valence-electron chi connectivity index (χ0n) is 14.0. The highest BCUT2D eigenvalue weighted by Crippen LogP contribution is 2.21. The first-order valence-corrected chi connectivity index (χ1v) is 7.90. The number of hydrogen-bond donors (Lipinski definition) is 0. The second-order valence-corrected chi connectivity index (χ2v) is 5.21. The first kappa shape index (κ1) is 19.4. The molecular weight excluding hydrogens is 345 g/mol. The lowest BCUT2D eigenvalue weighted by atomic mass is 10.0. The summed E-state index contributed by atoms with van der Waals surface area (Å²) in [4.78, 5) is 11.4. The molecule has 136 valence electrons. The summed E-state index contributed by atoms with van der Waals surface area (Å²) in [6.07, 6.45) is -5.77. The highest BCUT2D eigenvalue weighted by Gasteiger charge is 2.37. The van der Waals surface area contributed by atoms with Crippen molar-refractivity contribution in [1.82, 2.24) is 0 Å². The number of esters is 1. The average molecular weight is 362 g/mol. The zero-order chi connectivity index (χ0) is 19.0. The molecule has 0 fully saturated rings. The van der Waals surface area contributed by atoms with Crippen molar-refractivity contribution in [2.24, 2.45) is 10.2 Å². The third kappa shape index (κ3) is 5.54. The molecule has 0 aromatic heterocycles. The van der Waals surface area contributed by atoms with E-state index in [1.54, 1.807) is 60.7 Å². The molecule has 4 nitrogen and oxygen atoms in total. The van der Waals surface area contributed by atoms with Crippen LogP contribution in [0, 0.1) is 0 Å². The second-order valence-electron chi connectivity index (χ2n) is 5.21. The van der Waals surface area contributed by atoms with Gasteiger partial charge in [0.05, 0.1) is 13.0 Å². The SMILES string of the molecule is CCOC(=O)CC(=NN=C(c1ccccc1)c1ccccc1)C(F)(F)F. The van der Waals surface area contributed by atoms with E-state index in [0.29, 0.717) is 11.1 Å². The van der Waals surface area contributed by atoms with Crippen LogP contribution < -0.4 is 0 Å². The van der Waals surface area contributed by atoms with Gasteiger partial charge in [-0.25, -0.2) is 0 Å². The molecule has 2 aromatic rings. The van der Waals surface area contributed by atoms with Crippen molar-refractivity contribution in [3.8, 4) is 0 Å². The maximum absolute atomic E-state index is 13.2.